The summed E-state index contributed by atoms with van der Waals surface area (Å²) in [6.45, 7) is 3.81. The first-order valence-electron chi connectivity index (χ1n) is 5.83. The van der Waals surface area contributed by atoms with Gasteiger partial charge < -0.3 is 9.67 Å². The van der Waals surface area contributed by atoms with Gasteiger partial charge in [0, 0.05) is 18.1 Å². The lowest BCUT2D eigenvalue weighted by Gasteiger charge is -2.03. The van der Waals surface area contributed by atoms with Crippen molar-refractivity contribution in [3.63, 3.8) is 0 Å². The first-order chi connectivity index (χ1) is 8.49. The molecule has 94 valence electrons. The first kappa shape index (κ1) is 12.4. The first-order valence-corrected chi connectivity index (χ1v) is 5.83. The van der Waals surface area contributed by atoms with Crippen molar-refractivity contribution < 1.29 is 14.7 Å². The van der Waals surface area contributed by atoms with Gasteiger partial charge in [-0.25, -0.2) is 4.79 Å². The molecule has 0 radical (unpaired) electrons. The molecule has 0 aliphatic heterocycles. The summed E-state index contributed by atoms with van der Waals surface area (Å²) in [6, 6.07) is 5.66. The van der Waals surface area contributed by atoms with Crippen LogP contribution in [0.25, 0.3) is 10.9 Å². The smallest absolute Gasteiger partial charge is 0.377 e. The van der Waals surface area contributed by atoms with Gasteiger partial charge in [-0.3, -0.25) is 4.79 Å². The maximum Gasteiger partial charge on any atom is 0.377 e. The van der Waals surface area contributed by atoms with Gasteiger partial charge in [0.25, 0.3) is 5.78 Å². The Labute approximate surface area is 105 Å². The number of ketones is 1. The van der Waals surface area contributed by atoms with Crippen LogP contribution in [0.4, 0.5) is 0 Å². The minimum absolute atomic E-state index is 0.301. The van der Waals surface area contributed by atoms with Crippen molar-refractivity contribution in [2.24, 2.45) is 7.05 Å². The molecule has 0 bridgehead atoms. The third-order valence-corrected chi connectivity index (χ3v) is 3.39. The molecule has 1 heterocycles. The molecule has 1 aromatic carbocycles. The number of fused-ring (bicyclic) bond motifs is 1. The van der Waals surface area contributed by atoms with Crippen LogP contribution in [-0.4, -0.2) is 21.4 Å². The van der Waals surface area contributed by atoms with Crippen LogP contribution in [-0.2, 0) is 18.3 Å². The molecular formula is C14H15NO3. The molecule has 0 amide bonds. The van der Waals surface area contributed by atoms with E-state index in [2.05, 4.69) is 0 Å². The zero-order valence-corrected chi connectivity index (χ0v) is 10.7. The third kappa shape index (κ3) is 1.61. The molecule has 0 aliphatic carbocycles. The number of aryl methyl sites for hydroxylation is 2. The van der Waals surface area contributed by atoms with E-state index in [0.29, 0.717) is 11.3 Å². The number of benzene rings is 1. The van der Waals surface area contributed by atoms with Gasteiger partial charge in [0.1, 0.15) is 0 Å². The number of hydrogen-bond donors (Lipinski definition) is 1. The molecule has 2 rings (SSSR count). The van der Waals surface area contributed by atoms with Crippen molar-refractivity contribution in [1.29, 1.82) is 0 Å². The van der Waals surface area contributed by atoms with Gasteiger partial charge in [0.2, 0.25) is 0 Å². The number of Topliss-reactive ketones (excluding diaryl/α,β-unsaturated/α-hetero) is 1. The minimum atomic E-state index is -1.41. The number of nitrogens with zero attached hydrogens (tertiary/aromatic N) is 1. The van der Waals surface area contributed by atoms with Crippen molar-refractivity contribution in [2.45, 2.75) is 20.3 Å². The molecule has 0 unspecified atom stereocenters. The van der Waals surface area contributed by atoms with E-state index in [1.807, 2.05) is 30.7 Å². The number of carboxylic acids is 1. The van der Waals surface area contributed by atoms with E-state index in [0.717, 1.165) is 22.9 Å². The minimum Gasteiger partial charge on any atom is -0.475 e. The molecule has 4 nitrogen and oxygen atoms in total. The number of carboxylic acid groups (broad SMARTS) is 1. The molecule has 0 aliphatic rings. The topological polar surface area (TPSA) is 59.3 Å². The highest BCUT2D eigenvalue weighted by Crippen LogP contribution is 2.28. The van der Waals surface area contributed by atoms with Crippen LogP contribution in [0.2, 0.25) is 0 Å². The second kappa shape index (κ2) is 4.29. The molecule has 0 saturated heterocycles. The Hall–Kier alpha value is -2.10. The Morgan fingerprint density at radius 3 is 2.56 bits per heavy atom. The summed E-state index contributed by atoms with van der Waals surface area (Å²) in [5.41, 5.74) is 3.05. The number of hydrogen-bond acceptors (Lipinski definition) is 2. The van der Waals surface area contributed by atoms with E-state index in [1.165, 1.54) is 0 Å². The summed E-state index contributed by atoms with van der Waals surface area (Å²) in [5.74, 6) is -2.25. The predicted octanol–water partition coefficient (Wildman–Crippen LogP) is 2.32. The molecule has 1 aromatic heterocycles. The van der Waals surface area contributed by atoms with Gasteiger partial charge in [0.05, 0.1) is 11.1 Å². The fourth-order valence-corrected chi connectivity index (χ4v) is 2.40. The number of rotatable bonds is 3. The number of aromatic nitrogens is 1. The van der Waals surface area contributed by atoms with Gasteiger partial charge >= 0.3 is 5.97 Å². The molecule has 4 heteroatoms. The number of carbonyl (C=O) groups is 2. The van der Waals surface area contributed by atoms with Crippen LogP contribution < -0.4 is 0 Å². The van der Waals surface area contributed by atoms with Crippen molar-refractivity contribution >= 4 is 22.7 Å². The third-order valence-electron chi connectivity index (χ3n) is 3.39. The Bertz CT molecular complexity index is 653. The average Bonchev–Trinajstić information content (AvgIpc) is 2.61. The summed E-state index contributed by atoms with van der Waals surface area (Å²) < 4.78 is 1.89. The molecule has 0 spiro atoms. The molecule has 0 fully saturated rings. The number of carbonyl (C=O) groups excluding carboxylic acids is 1. The average molecular weight is 245 g/mol. The van der Waals surface area contributed by atoms with E-state index in [-0.39, 0.29) is 0 Å². The summed E-state index contributed by atoms with van der Waals surface area (Å²) in [5, 5.41) is 9.62. The lowest BCUT2D eigenvalue weighted by atomic mass is 10.0. The van der Waals surface area contributed by atoms with Crippen LogP contribution in [0.3, 0.4) is 0 Å². The lowest BCUT2D eigenvalue weighted by Crippen LogP contribution is -2.13. The Kier molecular flexibility index (Phi) is 2.95. The Balaban J connectivity index is 2.88. The van der Waals surface area contributed by atoms with Crippen LogP contribution in [0, 0.1) is 6.92 Å². The fraction of sp³-hybridized carbons (Fsp3) is 0.286. The Morgan fingerprint density at radius 1 is 1.33 bits per heavy atom. The highest BCUT2D eigenvalue weighted by atomic mass is 16.4. The largest absolute Gasteiger partial charge is 0.475 e. The van der Waals surface area contributed by atoms with E-state index in [1.54, 1.807) is 13.0 Å². The maximum absolute atomic E-state index is 11.8. The summed E-state index contributed by atoms with van der Waals surface area (Å²) >= 11 is 0. The Morgan fingerprint density at radius 2 is 2.00 bits per heavy atom. The molecule has 0 atom stereocenters. The molecule has 1 N–H and O–H groups in total. The second-order valence-corrected chi connectivity index (χ2v) is 4.32. The molecule has 18 heavy (non-hydrogen) atoms. The highest BCUT2D eigenvalue weighted by Gasteiger charge is 2.24. The van der Waals surface area contributed by atoms with Crippen molar-refractivity contribution in [2.75, 3.05) is 0 Å². The number of aliphatic carboxylic acids is 1. The standard InChI is InChI=1S/C14H15NO3/c1-4-9-6-5-7-10-11(13(16)14(17)18)8(2)15(3)12(9)10/h5-7H,4H2,1-3H3,(H,17,18). The van der Waals surface area contributed by atoms with Crippen LogP contribution in [0.5, 0.6) is 0 Å². The van der Waals surface area contributed by atoms with E-state index >= 15 is 0 Å². The van der Waals surface area contributed by atoms with Crippen molar-refractivity contribution in [3.8, 4) is 0 Å². The quantitative estimate of drug-likeness (QED) is 0.666. The van der Waals surface area contributed by atoms with Gasteiger partial charge in [-0.05, 0) is 18.9 Å². The highest BCUT2D eigenvalue weighted by molar-refractivity contribution is 6.42. The SMILES string of the molecule is CCc1cccc2c(C(=O)C(=O)O)c(C)n(C)c12. The zero-order valence-electron chi connectivity index (χ0n) is 10.7. The zero-order chi connectivity index (χ0) is 13.4. The predicted molar refractivity (Wildman–Crippen MR) is 69.0 cm³/mol. The van der Waals surface area contributed by atoms with Crippen LogP contribution in [0.1, 0.15) is 28.5 Å². The van der Waals surface area contributed by atoms with Gasteiger partial charge in [-0.15, -0.1) is 0 Å². The summed E-state index contributed by atoms with van der Waals surface area (Å²) in [7, 11) is 1.86. The second-order valence-electron chi connectivity index (χ2n) is 4.32. The maximum atomic E-state index is 11.8. The lowest BCUT2D eigenvalue weighted by molar-refractivity contribution is -0.131. The van der Waals surface area contributed by atoms with Crippen LogP contribution in [0.15, 0.2) is 18.2 Å². The fourth-order valence-electron chi connectivity index (χ4n) is 2.40. The van der Waals surface area contributed by atoms with Crippen LogP contribution >= 0.6 is 0 Å². The van der Waals surface area contributed by atoms with E-state index < -0.39 is 11.8 Å². The van der Waals surface area contributed by atoms with Gasteiger partial charge in [-0.2, -0.15) is 0 Å². The molecule has 0 saturated carbocycles. The summed E-state index contributed by atoms with van der Waals surface area (Å²) in [6.07, 6.45) is 0.843. The van der Waals surface area contributed by atoms with Crippen molar-refractivity contribution in [1.82, 2.24) is 4.57 Å². The number of para-hydroxylation sites is 1. The van der Waals surface area contributed by atoms with E-state index in [9.17, 15) is 9.59 Å². The van der Waals surface area contributed by atoms with Gasteiger partial charge in [0.15, 0.2) is 0 Å². The van der Waals surface area contributed by atoms with E-state index in [4.69, 9.17) is 5.11 Å². The summed E-state index contributed by atoms with van der Waals surface area (Å²) in [4.78, 5) is 22.7. The van der Waals surface area contributed by atoms with Gasteiger partial charge in [-0.1, -0.05) is 25.1 Å². The van der Waals surface area contributed by atoms with Crippen molar-refractivity contribution in [3.05, 3.63) is 35.0 Å². The monoisotopic (exact) mass is 245 g/mol. The molecular weight excluding hydrogens is 230 g/mol. The normalized spacial score (nSPS) is 10.8. The molecule has 2 aromatic rings.